The Labute approximate surface area is 118 Å². The summed E-state index contributed by atoms with van der Waals surface area (Å²) < 4.78 is 0. The number of amides is 2. The van der Waals surface area contributed by atoms with Gasteiger partial charge in [0.1, 0.15) is 5.82 Å². The van der Waals surface area contributed by atoms with Gasteiger partial charge in [-0.05, 0) is 31.8 Å². The van der Waals surface area contributed by atoms with Gasteiger partial charge in [0, 0.05) is 18.9 Å². The van der Waals surface area contributed by atoms with E-state index in [9.17, 15) is 9.59 Å². The van der Waals surface area contributed by atoms with Gasteiger partial charge in [0.25, 0.3) is 0 Å². The highest BCUT2D eigenvalue weighted by Crippen LogP contribution is 2.39. The van der Waals surface area contributed by atoms with Gasteiger partial charge in [0.05, 0.1) is 12.6 Å². The van der Waals surface area contributed by atoms with Crippen LogP contribution in [-0.4, -0.2) is 40.3 Å². The molecule has 0 aromatic carbocycles. The van der Waals surface area contributed by atoms with Crippen LogP contribution in [-0.2, 0) is 9.59 Å². The smallest absolute Gasteiger partial charge is 0.246 e. The van der Waals surface area contributed by atoms with E-state index < -0.39 is 0 Å². The first kappa shape index (κ1) is 14.3. The molecule has 2 N–H and O–H groups in total. The second kappa shape index (κ2) is 5.90. The minimum absolute atomic E-state index is 0.0216. The lowest BCUT2D eigenvalue weighted by atomic mass is 10.1. The summed E-state index contributed by atoms with van der Waals surface area (Å²) in [6.07, 6.45) is 5.13. The highest BCUT2D eigenvalue weighted by Gasteiger charge is 2.35. The lowest BCUT2D eigenvalue weighted by Crippen LogP contribution is -2.40. The van der Waals surface area contributed by atoms with Crippen molar-refractivity contribution in [2.45, 2.75) is 25.8 Å². The number of nitrogens with zero attached hydrogens (tertiary/aromatic N) is 2. The highest BCUT2D eigenvalue weighted by atomic mass is 16.2. The van der Waals surface area contributed by atoms with Gasteiger partial charge in [-0.2, -0.15) is 0 Å². The van der Waals surface area contributed by atoms with Crippen LogP contribution in [0.25, 0.3) is 0 Å². The Morgan fingerprint density at radius 3 is 2.85 bits per heavy atom. The third-order valence-electron chi connectivity index (χ3n) is 3.36. The molecule has 6 heteroatoms. The monoisotopic (exact) mass is 276 g/mol. The van der Waals surface area contributed by atoms with Crippen molar-refractivity contribution in [3.8, 4) is 0 Å². The number of carbonyl (C=O) groups is 2. The standard InChI is InChI=1S/C14H20N4O2/c1-4-12(20)18(3)8-11(19)17-13(10-5-6-10)14-15-7-9(2)16-14/h4,7,10,13H,1,5-6,8H2,2-3H3,(H,15,16)(H,17,19). The van der Waals surface area contributed by atoms with Crippen molar-refractivity contribution in [3.05, 3.63) is 30.4 Å². The SMILES string of the molecule is C=CC(=O)N(C)CC(=O)NC(c1ncc(C)[nH]1)C1CC1. The predicted octanol–water partition coefficient (Wildman–Crippen LogP) is 0.930. The number of carbonyl (C=O) groups excluding carboxylic acids is 2. The summed E-state index contributed by atoms with van der Waals surface area (Å²) in [5.41, 5.74) is 0.971. The lowest BCUT2D eigenvalue weighted by Gasteiger charge is -2.19. The molecule has 1 fully saturated rings. The summed E-state index contributed by atoms with van der Waals surface area (Å²) in [5.74, 6) is 0.770. The molecular formula is C14H20N4O2. The van der Waals surface area contributed by atoms with Crippen LogP contribution < -0.4 is 5.32 Å². The quantitative estimate of drug-likeness (QED) is 0.759. The third kappa shape index (κ3) is 3.46. The number of nitrogens with one attached hydrogen (secondary N) is 2. The second-order valence-corrected chi connectivity index (χ2v) is 5.23. The first-order valence-electron chi connectivity index (χ1n) is 6.69. The highest BCUT2D eigenvalue weighted by molar-refractivity contribution is 5.90. The number of rotatable bonds is 6. The van der Waals surface area contributed by atoms with E-state index in [0.717, 1.165) is 24.4 Å². The molecule has 0 bridgehead atoms. The third-order valence-corrected chi connectivity index (χ3v) is 3.36. The molecule has 1 aliphatic rings. The molecule has 6 nitrogen and oxygen atoms in total. The molecule has 2 rings (SSSR count). The van der Waals surface area contributed by atoms with Crippen molar-refractivity contribution < 1.29 is 9.59 Å². The molecule has 1 saturated carbocycles. The van der Waals surface area contributed by atoms with Crippen LogP contribution >= 0.6 is 0 Å². The molecule has 1 heterocycles. The van der Waals surface area contributed by atoms with E-state index in [1.165, 1.54) is 11.0 Å². The minimum atomic E-state index is -0.267. The lowest BCUT2D eigenvalue weighted by molar-refractivity contribution is -0.131. The Kier molecular flexibility index (Phi) is 4.22. The number of hydrogen-bond acceptors (Lipinski definition) is 3. The average molecular weight is 276 g/mol. The zero-order valence-electron chi connectivity index (χ0n) is 11.8. The Balaban J connectivity index is 1.97. The van der Waals surface area contributed by atoms with Crippen LogP contribution in [0.3, 0.4) is 0 Å². The zero-order chi connectivity index (χ0) is 14.7. The number of aryl methyl sites for hydroxylation is 1. The molecule has 0 radical (unpaired) electrons. The minimum Gasteiger partial charge on any atom is -0.344 e. The number of aromatic nitrogens is 2. The van der Waals surface area contributed by atoms with E-state index in [1.807, 2.05) is 6.92 Å². The molecule has 0 spiro atoms. The van der Waals surface area contributed by atoms with Crippen molar-refractivity contribution >= 4 is 11.8 Å². The molecule has 1 unspecified atom stereocenters. The van der Waals surface area contributed by atoms with E-state index in [2.05, 4.69) is 21.9 Å². The molecule has 1 atom stereocenters. The normalized spacial score (nSPS) is 15.5. The van der Waals surface area contributed by atoms with Gasteiger partial charge in [-0.1, -0.05) is 6.58 Å². The maximum absolute atomic E-state index is 12.0. The molecule has 108 valence electrons. The van der Waals surface area contributed by atoms with Crippen molar-refractivity contribution in [1.29, 1.82) is 0 Å². The molecule has 20 heavy (non-hydrogen) atoms. The van der Waals surface area contributed by atoms with E-state index in [4.69, 9.17) is 0 Å². The van der Waals surface area contributed by atoms with Gasteiger partial charge < -0.3 is 15.2 Å². The molecule has 1 aromatic heterocycles. The van der Waals surface area contributed by atoms with Crippen LogP contribution in [0.2, 0.25) is 0 Å². The Bertz CT molecular complexity index is 519. The van der Waals surface area contributed by atoms with Gasteiger partial charge >= 0.3 is 0 Å². The van der Waals surface area contributed by atoms with Crippen molar-refractivity contribution in [2.24, 2.45) is 5.92 Å². The number of likely N-dealkylation sites (N-methyl/N-ethyl adjacent to an activating group) is 1. The van der Waals surface area contributed by atoms with Crippen molar-refractivity contribution in [1.82, 2.24) is 20.2 Å². The maximum Gasteiger partial charge on any atom is 0.246 e. The molecule has 1 aromatic rings. The number of aromatic amines is 1. The Morgan fingerprint density at radius 1 is 1.65 bits per heavy atom. The van der Waals surface area contributed by atoms with Gasteiger partial charge in [-0.25, -0.2) is 4.98 Å². The molecule has 1 aliphatic carbocycles. The van der Waals surface area contributed by atoms with Gasteiger partial charge in [-0.3, -0.25) is 9.59 Å². The molecule has 0 aliphatic heterocycles. The summed E-state index contributed by atoms with van der Waals surface area (Å²) in [6, 6.07) is -0.0940. The van der Waals surface area contributed by atoms with Crippen molar-refractivity contribution in [3.63, 3.8) is 0 Å². The number of imidazole rings is 1. The molecule has 2 amide bonds. The van der Waals surface area contributed by atoms with E-state index in [0.29, 0.717) is 5.92 Å². The van der Waals surface area contributed by atoms with Crippen LogP contribution in [0.4, 0.5) is 0 Å². The van der Waals surface area contributed by atoms with Gasteiger partial charge in [0.2, 0.25) is 11.8 Å². The fraction of sp³-hybridized carbons (Fsp3) is 0.500. The van der Waals surface area contributed by atoms with Crippen LogP contribution in [0.15, 0.2) is 18.9 Å². The number of hydrogen-bond donors (Lipinski definition) is 2. The first-order valence-corrected chi connectivity index (χ1v) is 6.69. The fourth-order valence-corrected chi connectivity index (χ4v) is 2.10. The zero-order valence-corrected chi connectivity index (χ0v) is 11.8. The van der Waals surface area contributed by atoms with Crippen LogP contribution in [0, 0.1) is 12.8 Å². The van der Waals surface area contributed by atoms with E-state index in [1.54, 1.807) is 13.2 Å². The summed E-state index contributed by atoms with van der Waals surface area (Å²) >= 11 is 0. The van der Waals surface area contributed by atoms with Gasteiger partial charge in [-0.15, -0.1) is 0 Å². The predicted molar refractivity (Wildman–Crippen MR) is 74.8 cm³/mol. The number of H-pyrrole nitrogens is 1. The van der Waals surface area contributed by atoms with Crippen LogP contribution in [0.1, 0.15) is 30.4 Å². The van der Waals surface area contributed by atoms with Crippen molar-refractivity contribution in [2.75, 3.05) is 13.6 Å². The van der Waals surface area contributed by atoms with Gasteiger partial charge in [0.15, 0.2) is 0 Å². The fourth-order valence-electron chi connectivity index (χ4n) is 2.10. The second-order valence-electron chi connectivity index (χ2n) is 5.23. The summed E-state index contributed by atoms with van der Waals surface area (Å²) in [7, 11) is 1.58. The molecule has 0 saturated heterocycles. The average Bonchev–Trinajstić information content (AvgIpc) is 3.17. The largest absolute Gasteiger partial charge is 0.344 e. The maximum atomic E-state index is 12.0. The molecular weight excluding hydrogens is 256 g/mol. The Hall–Kier alpha value is -2.11. The summed E-state index contributed by atoms with van der Waals surface area (Å²) in [6.45, 7) is 5.35. The Morgan fingerprint density at radius 2 is 2.35 bits per heavy atom. The summed E-state index contributed by atoms with van der Waals surface area (Å²) in [5, 5.41) is 2.96. The summed E-state index contributed by atoms with van der Waals surface area (Å²) in [4.78, 5) is 32.2. The topological polar surface area (TPSA) is 78.1 Å². The van der Waals surface area contributed by atoms with E-state index in [-0.39, 0.29) is 24.4 Å². The van der Waals surface area contributed by atoms with Crippen LogP contribution in [0.5, 0.6) is 0 Å². The first-order chi connectivity index (χ1) is 9.51. The van der Waals surface area contributed by atoms with E-state index >= 15 is 0 Å².